The van der Waals surface area contributed by atoms with E-state index < -0.39 is 6.23 Å². The molecule has 0 amide bonds. The number of nitrogens with zero attached hydrogens (tertiary/aromatic N) is 2. The standard InChI is InChI=1S/C26H17Cl3N2O2/c27-17-7-8-24-19(10-17)23-13-22(16-6-5-14-3-1-2-4-15(14)9-16)30-31(23)26(33-24)20-11-18(28)12-21(29)25(20)32/h1-12,23,26,32H,13H2/t23-,26-/m0/s1. The predicted octanol–water partition coefficient (Wildman–Crippen LogP) is 7.75. The molecule has 6 rings (SSSR count). The fourth-order valence-corrected chi connectivity index (χ4v) is 5.27. The molecule has 0 unspecified atom stereocenters. The Kier molecular flexibility index (Phi) is 4.91. The molecule has 4 nitrogen and oxygen atoms in total. The van der Waals surface area contributed by atoms with Crippen LogP contribution in [0.2, 0.25) is 15.1 Å². The molecular formula is C26H17Cl3N2O2. The van der Waals surface area contributed by atoms with Gasteiger partial charge in [0.15, 0.2) is 0 Å². The fourth-order valence-electron chi connectivity index (χ4n) is 4.58. The topological polar surface area (TPSA) is 45.1 Å². The summed E-state index contributed by atoms with van der Waals surface area (Å²) in [7, 11) is 0. The number of halogens is 3. The van der Waals surface area contributed by atoms with E-state index in [1.54, 1.807) is 12.1 Å². The summed E-state index contributed by atoms with van der Waals surface area (Å²) in [5.74, 6) is 0.618. The van der Waals surface area contributed by atoms with Crippen molar-refractivity contribution in [3.63, 3.8) is 0 Å². The van der Waals surface area contributed by atoms with Gasteiger partial charge in [-0.05, 0) is 52.7 Å². The number of hydrogen-bond acceptors (Lipinski definition) is 4. The minimum atomic E-state index is -0.696. The first kappa shape index (κ1) is 20.7. The van der Waals surface area contributed by atoms with E-state index in [9.17, 15) is 5.11 Å². The van der Waals surface area contributed by atoms with Gasteiger partial charge in [-0.3, -0.25) is 0 Å². The second-order valence-corrected chi connectivity index (χ2v) is 9.47. The Labute approximate surface area is 205 Å². The minimum absolute atomic E-state index is 0.0726. The van der Waals surface area contributed by atoms with Gasteiger partial charge in [0.1, 0.15) is 11.5 Å². The SMILES string of the molecule is Oc1c(Cl)cc(Cl)cc1[C@@H]1Oc2ccc(Cl)cc2[C@@H]2CC(c3ccc4ccccc4c3)=NN21. The fraction of sp³-hybridized carbons (Fsp3) is 0.115. The molecule has 0 bridgehead atoms. The second kappa shape index (κ2) is 7.84. The van der Waals surface area contributed by atoms with E-state index in [1.807, 2.05) is 29.3 Å². The van der Waals surface area contributed by atoms with Crippen molar-refractivity contribution in [1.82, 2.24) is 5.01 Å². The van der Waals surface area contributed by atoms with Crippen molar-refractivity contribution in [2.24, 2.45) is 5.10 Å². The molecule has 0 aromatic heterocycles. The number of benzene rings is 4. The summed E-state index contributed by atoms with van der Waals surface area (Å²) < 4.78 is 6.32. The predicted molar refractivity (Wildman–Crippen MR) is 133 cm³/mol. The zero-order chi connectivity index (χ0) is 22.7. The maximum absolute atomic E-state index is 10.7. The molecule has 164 valence electrons. The van der Waals surface area contributed by atoms with Gasteiger partial charge in [0.25, 0.3) is 0 Å². The zero-order valence-corrected chi connectivity index (χ0v) is 19.4. The summed E-state index contributed by atoms with van der Waals surface area (Å²) >= 11 is 18.8. The van der Waals surface area contributed by atoms with Crippen LogP contribution in [0.5, 0.6) is 11.5 Å². The van der Waals surface area contributed by atoms with Crippen LogP contribution in [0, 0.1) is 0 Å². The summed E-state index contributed by atoms with van der Waals surface area (Å²) in [6, 6.07) is 23.2. The van der Waals surface area contributed by atoms with Crippen molar-refractivity contribution in [2.45, 2.75) is 18.7 Å². The number of ether oxygens (including phenoxy) is 1. The lowest BCUT2D eigenvalue weighted by atomic mass is 9.95. The van der Waals surface area contributed by atoms with Crippen LogP contribution in [0.15, 0.2) is 77.9 Å². The summed E-state index contributed by atoms with van der Waals surface area (Å²) in [4.78, 5) is 0. The monoisotopic (exact) mass is 494 g/mol. The molecule has 1 N–H and O–H groups in total. The maximum Gasteiger partial charge on any atom is 0.217 e. The highest BCUT2D eigenvalue weighted by molar-refractivity contribution is 6.35. The molecule has 2 atom stereocenters. The van der Waals surface area contributed by atoms with Crippen LogP contribution in [-0.2, 0) is 0 Å². The molecule has 0 aliphatic carbocycles. The molecule has 0 saturated heterocycles. The lowest BCUT2D eigenvalue weighted by Gasteiger charge is -2.38. The smallest absolute Gasteiger partial charge is 0.217 e. The van der Waals surface area contributed by atoms with Crippen LogP contribution >= 0.6 is 34.8 Å². The zero-order valence-electron chi connectivity index (χ0n) is 17.2. The summed E-state index contributed by atoms with van der Waals surface area (Å²) in [5, 5.41) is 21.1. The number of hydrazone groups is 1. The van der Waals surface area contributed by atoms with E-state index in [4.69, 9.17) is 44.6 Å². The molecule has 2 aliphatic rings. The quantitative estimate of drug-likeness (QED) is 0.309. The van der Waals surface area contributed by atoms with Gasteiger partial charge in [-0.25, -0.2) is 5.01 Å². The highest BCUT2D eigenvalue weighted by Gasteiger charge is 2.42. The third-order valence-corrected chi connectivity index (χ3v) is 6.90. The van der Waals surface area contributed by atoms with Gasteiger partial charge in [0.2, 0.25) is 6.23 Å². The maximum atomic E-state index is 10.7. The molecule has 2 heterocycles. The molecule has 2 aliphatic heterocycles. The Hall–Kier alpha value is -2.92. The van der Waals surface area contributed by atoms with Gasteiger partial charge < -0.3 is 9.84 Å². The van der Waals surface area contributed by atoms with Crippen molar-refractivity contribution in [3.05, 3.63) is 105 Å². The number of phenolic OH excluding ortho intramolecular Hbond substituents is 1. The molecular weight excluding hydrogens is 479 g/mol. The van der Waals surface area contributed by atoms with Gasteiger partial charge in [-0.1, -0.05) is 71.2 Å². The first-order valence-corrected chi connectivity index (χ1v) is 11.6. The van der Waals surface area contributed by atoms with Crippen molar-refractivity contribution < 1.29 is 9.84 Å². The Balaban J connectivity index is 1.49. The van der Waals surface area contributed by atoms with Crippen molar-refractivity contribution in [3.8, 4) is 11.5 Å². The number of fused-ring (bicyclic) bond motifs is 4. The average Bonchev–Trinajstić information content (AvgIpc) is 3.27. The summed E-state index contributed by atoms with van der Waals surface area (Å²) in [5.41, 5.74) is 3.38. The Bertz CT molecular complexity index is 1450. The van der Waals surface area contributed by atoms with Crippen LogP contribution in [0.1, 0.15) is 35.4 Å². The number of rotatable bonds is 2. The molecule has 0 fully saturated rings. The third-order valence-electron chi connectivity index (χ3n) is 6.16. The van der Waals surface area contributed by atoms with Gasteiger partial charge in [-0.15, -0.1) is 0 Å². The summed E-state index contributed by atoms with van der Waals surface area (Å²) in [6.07, 6.45) is -0.0292. The largest absolute Gasteiger partial charge is 0.506 e. The Morgan fingerprint density at radius 2 is 1.64 bits per heavy atom. The van der Waals surface area contributed by atoms with E-state index >= 15 is 0 Å². The lowest BCUT2D eigenvalue weighted by molar-refractivity contribution is -0.0203. The van der Waals surface area contributed by atoms with E-state index in [-0.39, 0.29) is 16.8 Å². The molecule has 4 aromatic rings. The normalized spacial score (nSPS) is 19.1. The molecule has 33 heavy (non-hydrogen) atoms. The van der Waals surface area contributed by atoms with Crippen LogP contribution in [-0.4, -0.2) is 15.8 Å². The second-order valence-electron chi connectivity index (χ2n) is 8.19. The van der Waals surface area contributed by atoms with E-state index in [1.165, 1.54) is 11.5 Å². The highest BCUT2D eigenvalue weighted by Crippen LogP contribution is 2.50. The number of hydrogen-bond donors (Lipinski definition) is 1. The molecule has 7 heteroatoms. The van der Waals surface area contributed by atoms with Gasteiger partial charge in [-0.2, -0.15) is 5.10 Å². The number of phenols is 1. The Morgan fingerprint density at radius 1 is 0.848 bits per heavy atom. The lowest BCUT2D eigenvalue weighted by Crippen LogP contribution is -2.33. The molecule has 0 saturated carbocycles. The van der Waals surface area contributed by atoms with Gasteiger partial charge >= 0.3 is 0 Å². The van der Waals surface area contributed by atoms with Crippen LogP contribution in [0.4, 0.5) is 0 Å². The summed E-state index contributed by atoms with van der Waals surface area (Å²) in [6.45, 7) is 0. The average molecular weight is 496 g/mol. The van der Waals surface area contributed by atoms with E-state index in [0.717, 1.165) is 22.2 Å². The van der Waals surface area contributed by atoms with Crippen molar-refractivity contribution in [1.29, 1.82) is 0 Å². The first-order chi connectivity index (χ1) is 16.0. The third kappa shape index (κ3) is 3.50. The number of aromatic hydroxyl groups is 1. The molecule has 4 aromatic carbocycles. The van der Waals surface area contributed by atoms with E-state index in [2.05, 4.69) is 30.3 Å². The first-order valence-electron chi connectivity index (χ1n) is 10.5. The van der Waals surface area contributed by atoms with Crippen LogP contribution in [0.25, 0.3) is 10.8 Å². The van der Waals surface area contributed by atoms with Crippen molar-refractivity contribution >= 4 is 51.3 Å². The minimum Gasteiger partial charge on any atom is -0.506 e. The Morgan fingerprint density at radius 3 is 2.48 bits per heavy atom. The van der Waals surface area contributed by atoms with Gasteiger partial charge in [0, 0.05) is 22.0 Å². The molecule has 0 radical (unpaired) electrons. The molecule has 0 spiro atoms. The highest BCUT2D eigenvalue weighted by atomic mass is 35.5. The van der Waals surface area contributed by atoms with Crippen LogP contribution in [0.3, 0.4) is 0 Å². The van der Waals surface area contributed by atoms with E-state index in [0.29, 0.717) is 27.8 Å². The van der Waals surface area contributed by atoms with Gasteiger partial charge in [0.05, 0.1) is 22.3 Å². The van der Waals surface area contributed by atoms with Crippen molar-refractivity contribution in [2.75, 3.05) is 0 Å². The van der Waals surface area contributed by atoms with Crippen LogP contribution < -0.4 is 4.74 Å².